The molecule has 7 heteroatoms. The fraction of sp³-hybridized carbons (Fsp3) is 0.111. The number of hydrazone groups is 1. The van der Waals surface area contributed by atoms with Gasteiger partial charge in [-0.1, -0.05) is 23.7 Å². The fourth-order valence-electron chi connectivity index (χ4n) is 2.39. The van der Waals surface area contributed by atoms with E-state index in [1.807, 2.05) is 31.2 Å². The molecule has 128 valence electrons. The minimum atomic E-state index is -0.189. The van der Waals surface area contributed by atoms with Crippen LogP contribution in [0.5, 0.6) is 5.75 Å². The summed E-state index contributed by atoms with van der Waals surface area (Å²) in [7, 11) is 1.59. The lowest BCUT2D eigenvalue weighted by Crippen LogP contribution is -2.17. The van der Waals surface area contributed by atoms with Gasteiger partial charge in [-0.3, -0.25) is 15.3 Å². The van der Waals surface area contributed by atoms with Crippen molar-refractivity contribution < 1.29 is 4.74 Å². The minimum Gasteiger partial charge on any atom is -0.495 e. The molecule has 3 rings (SSSR count). The molecule has 0 aliphatic rings. The van der Waals surface area contributed by atoms with Gasteiger partial charge in [0.2, 0.25) is 0 Å². The van der Waals surface area contributed by atoms with E-state index in [0.717, 1.165) is 0 Å². The van der Waals surface area contributed by atoms with Gasteiger partial charge in [0.1, 0.15) is 5.75 Å². The maximum Gasteiger partial charge on any atom is 0.280 e. The Morgan fingerprint density at radius 3 is 2.64 bits per heavy atom. The first-order chi connectivity index (χ1) is 12.1. The van der Waals surface area contributed by atoms with Gasteiger partial charge in [-0.15, -0.1) is 0 Å². The van der Waals surface area contributed by atoms with E-state index in [-0.39, 0.29) is 5.56 Å². The predicted octanol–water partition coefficient (Wildman–Crippen LogP) is 3.58. The van der Waals surface area contributed by atoms with Crippen LogP contribution in [0.15, 0.2) is 58.4 Å². The first kappa shape index (κ1) is 16.9. The van der Waals surface area contributed by atoms with Crippen molar-refractivity contribution in [1.29, 1.82) is 0 Å². The van der Waals surface area contributed by atoms with Crippen molar-refractivity contribution in [2.45, 2.75) is 6.92 Å². The molecule has 0 bridgehead atoms. The predicted molar refractivity (Wildman–Crippen MR) is 100 cm³/mol. The highest BCUT2D eigenvalue weighted by Crippen LogP contribution is 2.22. The van der Waals surface area contributed by atoms with Crippen LogP contribution in [0.4, 0.5) is 5.69 Å². The van der Waals surface area contributed by atoms with Crippen molar-refractivity contribution in [3.63, 3.8) is 0 Å². The highest BCUT2D eigenvalue weighted by atomic mass is 35.5. The average Bonchev–Trinajstić information content (AvgIpc) is 2.91. The summed E-state index contributed by atoms with van der Waals surface area (Å²) < 4.78 is 6.70. The van der Waals surface area contributed by atoms with Crippen LogP contribution in [-0.4, -0.2) is 23.1 Å². The van der Waals surface area contributed by atoms with Crippen LogP contribution in [0.2, 0.25) is 5.02 Å². The van der Waals surface area contributed by atoms with E-state index in [4.69, 9.17) is 16.3 Å². The Kier molecular flexibility index (Phi) is 4.90. The second-order valence-electron chi connectivity index (χ2n) is 5.34. The number of methoxy groups -OCH3 is 1. The van der Waals surface area contributed by atoms with Crippen molar-refractivity contribution in [2.75, 3.05) is 12.5 Å². The van der Waals surface area contributed by atoms with E-state index < -0.39 is 0 Å². The van der Waals surface area contributed by atoms with E-state index in [2.05, 4.69) is 15.6 Å². The number of H-pyrrole nitrogens is 1. The number of halogens is 1. The standard InChI is InChI=1S/C18H17ClN4O2/c1-12-15(11-20-21-16-5-3-4-6-17(16)25-2)18(24)23(22-12)14-9-7-13(19)8-10-14/h3-11,21-22H,1-2H3. The summed E-state index contributed by atoms with van der Waals surface area (Å²) >= 11 is 5.89. The quantitative estimate of drug-likeness (QED) is 0.542. The Morgan fingerprint density at radius 2 is 1.92 bits per heavy atom. The molecule has 0 saturated carbocycles. The van der Waals surface area contributed by atoms with Crippen LogP contribution < -0.4 is 15.7 Å². The smallest absolute Gasteiger partial charge is 0.280 e. The summed E-state index contributed by atoms with van der Waals surface area (Å²) in [6.45, 7) is 1.82. The van der Waals surface area contributed by atoms with Gasteiger partial charge in [0.25, 0.3) is 5.56 Å². The van der Waals surface area contributed by atoms with Crippen LogP contribution >= 0.6 is 11.6 Å². The Bertz CT molecular complexity index is 958. The number of anilines is 1. The molecule has 0 spiro atoms. The summed E-state index contributed by atoms with van der Waals surface area (Å²) in [5.74, 6) is 0.670. The zero-order valence-corrected chi connectivity index (χ0v) is 14.5. The molecule has 25 heavy (non-hydrogen) atoms. The summed E-state index contributed by atoms with van der Waals surface area (Å²) in [6.07, 6.45) is 1.49. The molecule has 0 saturated heterocycles. The van der Waals surface area contributed by atoms with Gasteiger partial charge in [0, 0.05) is 10.7 Å². The maximum atomic E-state index is 12.6. The normalized spacial score (nSPS) is 11.0. The zero-order chi connectivity index (χ0) is 17.8. The molecule has 0 amide bonds. The largest absolute Gasteiger partial charge is 0.495 e. The van der Waals surface area contributed by atoms with E-state index in [0.29, 0.717) is 33.4 Å². The third-order valence-corrected chi connectivity index (χ3v) is 3.94. The molecular weight excluding hydrogens is 340 g/mol. The molecule has 0 aliphatic carbocycles. The molecule has 0 aliphatic heterocycles. The number of ether oxygens (including phenoxy) is 1. The SMILES string of the molecule is COc1ccccc1NN=Cc1c(C)[nH]n(-c2ccc(Cl)cc2)c1=O. The third-order valence-electron chi connectivity index (χ3n) is 3.69. The first-order valence-corrected chi connectivity index (χ1v) is 7.97. The summed E-state index contributed by atoms with van der Waals surface area (Å²) in [5, 5.41) is 7.80. The highest BCUT2D eigenvalue weighted by molar-refractivity contribution is 6.30. The van der Waals surface area contributed by atoms with Crippen molar-refractivity contribution in [2.24, 2.45) is 5.10 Å². The van der Waals surface area contributed by atoms with Crippen molar-refractivity contribution in [1.82, 2.24) is 9.78 Å². The Labute approximate surface area is 149 Å². The van der Waals surface area contributed by atoms with Gasteiger partial charge in [-0.05, 0) is 43.3 Å². The number of hydrogen-bond acceptors (Lipinski definition) is 4. The monoisotopic (exact) mass is 356 g/mol. The molecule has 0 atom stereocenters. The third kappa shape index (κ3) is 3.59. The van der Waals surface area contributed by atoms with Gasteiger partial charge in [-0.25, -0.2) is 4.68 Å². The Morgan fingerprint density at radius 1 is 1.20 bits per heavy atom. The topological polar surface area (TPSA) is 71.4 Å². The first-order valence-electron chi connectivity index (χ1n) is 7.60. The molecule has 3 aromatic rings. The van der Waals surface area contributed by atoms with Crippen molar-refractivity contribution in [3.8, 4) is 11.4 Å². The second kappa shape index (κ2) is 7.27. The molecule has 0 unspecified atom stereocenters. The van der Waals surface area contributed by atoms with Crippen molar-refractivity contribution >= 4 is 23.5 Å². The van der Waals surface area contributed by atoms with Crippen molar-refractivity contribution in [3.05, 3.63) is 75.2 Å². The van der Waals surface area contributed by atoms with Crippen LogP contribution in [0, 0.1) is 6.92 Å². The van der Waals surface area contributed by atoms with Crippen LogP contribution in [-0.2, 0) is 0 Å². The number of benzene rings is 2. The fourth-order valence-corrected chi connectivity index (χ4v) is 2.51. The summed E-state index contributed by atoms with van der Waals surface area (Å²) in [6, 6.07) is 14.4. The number of hydrogen-bond donors (Lipinski definition) is 2. The van der Waals surface area contributed by atoms with E-state index >= 15 is 0 Å². The highest BCUT2D eigenvalue weighted by Gasteiger charge is 2.10. The summed E-state index contributed by atoms with van der Waals surface area (Å²) in [4.78, 5) is 12.6. The zero-order valence-electron chi connectivity index (χ0n) is 13.8. The van der Waals surface area contributed by atoms with Gasteiger partial charge in [-0.2, -0.15) is 5.10 Å². The molecule has 0 fully saturated rings. The number of rotatable bonds is 5. The second-order valence-corrected chi connectivity index (χ2v) is 5.77. The van der Waals surface area contributed by atoms with E-state index in [9.17, 15) is 4.79 Å². The van der Waals surface area contributed by atoms with E-state index in [1.54, 1.807) is 31.4 Å². The number of aromatic amines is 1. The number of aromatic nitrogens is 2. The van der Waals surface area contributed by atoms with Crippen LogP contribution in [0.1, 0.15) is 11.3 Å². The Hall–Kier alpha value is -2.99. The molecule has 0 radical (unpaired) electrons. The average molecular weight is 357 g/mol. The minimum absolute atomic E-state index is 0.189. The maximum absolute atomic E-state index is 12.6. The van der Waals surface area contributed by atoms with Gasteiger partial charge in [0.15, 0.2) is 0 Å². The van der Waals surface area contributed by atoms with Gasteiger partial charge in [0.05, 0.1) is 30.3 Å². The number of nitrogens with zero attached hydrogens (tertiary/aromatic N) is 2. The summed E-state index contributed by atoms with van der Waals surface area (Å²) in [5.41, 5.74) is 5.30. The van der Waals surface area contributed by atoms with Gasteiger partial charge < -0.3 is 4.74 Å². The molecule has 2 N–H and O–H groups in total. The molecular formula is C18H17ClN4O2. The molecule has 6 nitrogen and oxygen atoms in total. The number of aryl methyl sites for hydroxylation is 1. The number of para-hydroxylation sites is 2. The lowest BCUT2D eigenvalue weighted by atomic mass is 10.3. The lowest BCUT2D eigenvalue weighted by molar-refractivity contribution is 0.416. The van der Waals surface area contributed by atoms with E-state index in [1.165, 1.54) is 10.9 Å². The lowest BCUT2D eigenvalue weighted by Gasteiger charge is -2.06. The van der Waals surface area contributed by atoms with Crippen LogP contribution in [0.3, 0.4) is 0 Å². The number of nitrogens with one attached hydrogen (secondary N) is 2. The van der Waals surface area contributed by atoms with Gasteiger partial charge >= 0.3 is 0 Å². The Balaban J connectivity index is 1.86. The molecule has 2 aromatic carbocycles. The van der Waals surface area contributed by atoms with Crippen LogP contribution in [0.25, 0.3) is 5.69 Å². The molecule has 1 aromatic heterocycles. The molecule has 1 heterocycles.